The van der Waals surface area contributed by atoms with Crippen LogP contribution in [0.5, 0.6) is 0 Å². The molecule has 0 aromatic rings. The summed E-state index contributed by atoms with van der Waals surface area (Å²) >= 11 is 0. The fraction of sp³-hybridized carbons (Fsp3) is 0.900. The molecule has 6 heteroatoms. The van der Waals surface area contributed by atoms with Gasteiger partial charge in [0.1, 0.15) is 0 Å². The molecule has 0 aromatic heterocycles. The van der Waals surface area contributed by atoms with Crippen molar-refractivity contribution in [1.29, 1.82) is 0 Å². The largest absolute Gasteiger partial charge is 0.324 e. The Morgan fingerprint density at radius 2 is 2.06 bits per heavy atom. The zero-order valence-corrected chi connectivity index (χ0v) is 11.1. The Hall–Kier alpha value is -0.620. The van der Waals surface area contributed by atoms with Gasteiger partial charge in [0.05, 0.1) is 17.5 Å². The van der Waals surface area contributed by atoms with Crippen LogP contribution in [0.4, 0.5) is 0 Å². The maximum Gasteiger partial charge on any atom is 0.237 e. The van der Waals surface area contributed by atoms with Crippen molar-refractivity contribution in [3.8, 4) is 0 Å². The summed E-state index contributed by atoms with van der Waals surface area (Å²) in [5, 5.41) is 3.06. The van der Waals surface area contributed by atoms with E-state index in [1.807, 2.05) is 6.92 Å². The summed E-state index contributed by atoms with van der Waals surface area (Å²) in [6.45, 7) is 5.83. The minimum absolute atomic E-state index is 0.0245. The topological polar surface area (TPSA) is 66.5 Å². The number of hydrogen-bond donors (Lipinski definition) is 1. The van der Waals surface area contributed by atoms with Crippen LogP contribution >= 0.6 is 0 Å². The van der Waals surface area contributed by atoms with E-state index in [0.29, 0.717) is 6.54 Å². The molecule has 1 saturated heterocycles. The molecule has 0 radical (unpaired) electrons. The molecule has 1 amide bonds. The summed E-state index contributed by atoms with van der Waals surface area (Å²) in [5.41, 5.74) is 0. The van der Waals surface area contributed by atoms with Gasteiger partial charge in [-0.1, -0.05) is 6.92 Å². The summed E-state index contributed by atoms with van der Waals surface area (Å²) in [7, 11) is -3.17. The molecular weight excluding hydrogens is 228 g/mol. The first-order valence-corrected chi connectivity index (χ1v) is 7.30. The van der Waals surface area contributed by atoms with E-state index in [9.17, 15) is 13.2 Å². The quantitative estimate of drug-likeness (QED) is 0.759. The molecule has 0 aliphatic carbocycles. The van der Waals surface area contributed by atoms with Gasteiger partial charge in [-0.15, -0.1) is 0 Å². The smallest absolute Gasteiger partial charge is 0.237 e. The molecule has 1 rings (SSSR count). The molecule has 0 bridgehead atoms. The first kappa shape index (κ1) is 13.4. The number of nitrogens with zero attached hydrogens (tertiary/aromatic N) is 1. The van der Waals surface area contributed by atoms with E-state index in [4.69, 9.17) is 0 Å². The van der Waals surface area contributed by atoms with Crippen molar-refractivity contribution >= 4 is 15.7 Å². The van der Waals surface area contributed by atoms with Crippen LogP contribution in [0.1, 0.15) is 27.2 Å². The third kappa shape index (κ3) is 2.55. The van der Waals surface area contributed by atoms with Crippen LogP contribution in [0.3, 0.4) is 0 Å². The highest BCUT2D eigenvalue weighted by atomic mass is 32.2. The fourth-order valence-corrected chi connectivity index (χ4v) is 2.05. The van der Waals surface area contributed by atoms with Crippen LogP contribution in [0.15, 0.2) is 0 Å². The predicted molar refractivity (Wildman–Crippen MR) is 62.7 cm³/mol. The Kier molecular flexibility index (Phi) is 3.64. The lowest BCUT2D eigenvalue weighted by atomic mass is 10.2. The van der Waals surface area contributed by atoms with Crippen molar-refractivity contribution in [2.45, 2.75) is 38.1 Å². The summed E-state index contributed by atoms with van der Waals surface area (Å²) in [5.74, 6) is -0.0245. The Balaban J connectivity index is 2.84. The molecule has 1 unspecified atom stereocenters. The molecular formula is C10H20N2O3S. The molecule has 94 valence electrons. The molecule has 1 aliphatic rings. The van der Waals surface area contributed by atoms with E-state index in [-0.39, 0.29) is 18.6 Å². The van der Waals surface area contributed by atoms with Crippen LogP contribution < -0.4 is 5.32 Å². The van der Waals surface area contributed by atoms with E-state index in [1.54, 1.807) is 18.7 Å². The lowest BCUT2D eigenvalue weighted by Crippen LogP contribution is -2.48. The average Bonchev–Trinajstić information content (AvgIpc) is 2.45. The summed E-state index contributed by atoms with van der Waals surface area (Å²) in [6, 6.07) is 0. The number of sulfone groups is 1. The molecule has 0 spiro atoms. The highest BCUT2D eigenvalue weighted by Gasteiger charge is 2.38. The second kappa shape index (κ2) is 4.33. The van der Waals surface area contributed by atoms with Gasteiger partial charge in [-0.05, 0) is 20.3 Å². The number of rotatable bonds is 4. The van der Waals surface area contributed by atoms with Gasteiger partial charge in [0.25, 0.3) is 0 Å². The van der Waals surface area contributed by atoms with Crippen molar-refractivity contribution in [1.82, 2.24) is 10.2 Å². The Morgan fingerprint density at radius 1 is 1.50 bits per heavy atom. The first-order valence-electron chi connectivity index (χ1n) is 5.41. The molecule has 1 aliphatic heterocycles. The first-order chi connectivity index (χ1) is 7.19. The maximum atomic E-state index is 11.6. The number of carbonyl (C=O) groups excluding carboxylic acids is 1. The van der Waals surface area contributed by atoms with E-state index >= 15 is 0 Å². The van der Waals surface area contributed by atoms with Crippen molar-refractivity contribution < 1.29 is 13.2 Å². The second-order valence-corrected chi connectivity index (χ2v) is 7.51. The van der Waals surface area contributed by atoms with Crippen molar-refractivity contribution in [2.75, 3.05) is 19.3 Å². The van der Waals surface area contributed by atoms with E-state index in [0.717, 1.165) is 6.42 Å². The fourth-order valence-electron chi connectivity index (χ4n) is 1.68. The van der Waals surface area contributed by atoms with E-state index in [1.165, 1.54) is 6.26 Å². The molecule has 1 atom stereocenters. The highest BCUT2D eigenvalue weighted by Crippen LogP contribution is 2.20. The highest BCUT2D eigenvalue weighted by molar-refractivity contribution is 7.92. The lowest BCUT2D eigenvalue weighted by molar-refractivity contribution is -0.128. The summed E-state index contributed by atoms with van der Waals surface area (Å²) in [4.78, 5) is 13.2. The van der Waals surface area contributed by atoms with Crippen LogP contribution in [-0.4, -0.2) is 49.5 Å². The minimum atomic E-state index is -3.17. The molecule has 16 heavy (non-hydrogen) atoms. The van der Waals surface area contributed by atoms with Gasteiger partial charge < -0.3 is 4.90 Å². The third-order valence-corrected chi connectivity index (χ3v) is 5.26. The van der Waals surface area contributed by atoms with Gasteiger partial charge in [0.2, 0.25) is 5.91 Å². The zero-order valence-electron chi connectivity index (χ0n) is 10.3. The molecule has 5 nitrogen and oxygen atoms in total. The van der Waals surface area contributed by atoms with Gasteiger partial charge >= 0.3 is 0 Å². The Morgan fingerprint density at radius 3 is 2.50 bits per heavy atom. The number of carbonyl (C=O) groups is 1. The van der Waals surface area contributed by atoms with E-state index < -0.39 is 14.6 Å². The van der Waals surface area contributed by atoms with Gasteiger partial charge in [-0.25, -0.2) is 8.42 Å². The van der Waals surface area contributed by atoms with Gasteiger partial charge in [0, 0.05) is 12.8 Å². The number of nitrogens with one attached hydrogen (secondary N) is 1. The second-order valence-electron chi connectivity index (χ2n) is 4.86. The van der Waals surface area contributed by atoms with Gasteiger partial charge in [0.15, 0.2) is 9.84 Å². The van der Waals surface area contributed by atoms with E-state index in [2.05, 4.69) is 5.32 Å². The van der Waals surface area contributed by atoms with Crippen LogP contribution in [-0.2, 0) is 14.6 Å². The van der Waals surface area contributed by atoms with Crippen LogP contribution in [0, 0.1) is 0 Å². The summed E-state index contributed by atoms with van der Waals surface area (Å²) < 4.78 is 22.3. The average molecular weight is 248 g/mol. The molecule has 1 heterocycles. The lowest BCUT2D eigenvalue weighted by Gasteiger charge is -2.31. The number of hydrogen-bond acceptors (Lipinski definition) is 4. The van der Waals surface area contributed by atoms with Gasteiger partial charge in [-0.3, -0.25) is 10.1 Å². The van der Waals surface area contributed by atoms with Crippen LogP contribution in [0.2, 0.25) is 0 Å². The SMILES string of the molecule is CCC1NCC(=O)N1CC(C)(C)S(C)(=O)=O. The molecule has 1 N–H and O–H groups in total. The van der Waals surface area contributed by atoms with Crippen molar-refractivity contribution in [3.05, 3.63) is 0 Å². The maximum absolute atomic E-state index is 11.6. The zero-order chi connectivity index (χ0) is 12.6. The normalized spacial score (nSPS) is 22.9. The number of amides is 1. The van der Waals surface area contributed by atoms with Crippen LogP contribution in [0.25, 0.3) is 0 Å². The predicted octanol–water partition coefficient (Wildman–Crippen LogP) is -0.0225. The van der Waals surface area contributed by atoms with Crippen molar-refractivity contribution in [2.24, 2.45) is 0 Å². The van der Waals surface area contributed by atoms with Crippen molar-refractivity contribution in [3.63, 3.8) is 0 Å². The Bertz CT molecular complexity index is 376. The molecule has 0 saturated carbocycles. The standard InChI is InChI=1S/C10H20N2O3S/c1-5-8-11-6-9(13)12(8)7-10(2,3)16(4,14)15/h8,11H,5-7H2,1-4H3. The minimum Gasteiger partial charge on any atom is -0.324 e. The molecule has 1 fully saturated rings. The Labute approximate surface area is 97.1 Å². The molecule has 0 aromatic carbocycles. The summed E-state index contributed by atoms with van der Waals surface area (Å²) in [6.07, 6.45) is 1.96. The third-order valence-electron chi connectivity index (χ3n) is 3.13. The van der Waals surface area contributed by atoms with Gasteiger partial charge in [-0.2, -0.15) is 0 Å². The monoisotopic (exact) mass is 248 g/mol.